The monoisotopic (exact) mass is 261 g/mol. The SMILES string of the molecule is COC(=O)[C@@H](Cc1c[nH][nH]c1=O)NC(=O)CCl. The van der Waals surface area contributed by atoms with E-state index in [-0.39, 0.29) is 17.9 Å². The number of hydrogen-bond donors (Lipinski definition) is 3. The van der Waals surface area contributed by atoms with Crippen molar-refractivity contribution in [3.8, 4) is 0 Å². The van der Waals surface area contributed by atoms with Gasteiger partial charge in [0.1, 0.15) is 11.9 Å². The average molecular weight is 262 g/mol. The Labute approximate surface area is 101 Å². The van der Waals surface area contributed by atoms with Crippen LogP contribution in [0.25, 0.3) is 0 Å². The van der Waals surface area contributed by atoms with Crippen molar-refractivity contribution in [1.29, 1.82) is 0 Å². The molecule has 0 aliphatic carbocycles. The molecule has 1 rings (SSSR count). The van der Waals surface area contributed by atoms with Gasteiger partial charge in [-0.2, -0.15) is 0 Å². The van der Waals surface area contributed by atoms with Crippen LogP contribution in [0.5, 0.6) is 0 Å². The summed E-state index contributed by atoms with van der Waals surface area (Å²) in [5.41, 5.74) is -0.00528. The number of rotatable bonds is 5. The number of H-pyrrole nitrogens is 2. The predicted octanol–water partition coefficient (Wildman–Crippen LogP) is -0.858. The second kappa shape index (κ2) is 6.09. The third-order valence-electron chi connectivity index (χ3n) is 2.09. The van der Waals surface area contributed by atoms with Crippen LogP contribution in [-0.4, -0.2) is 41.1 Å². The molecule has 0 spiro atoms. The lowest BCUT2D eigenvalue weighted by atomic mass is 10.1. The molecular formula is C9H12ClN3O4. The molecule has 1 atom stereocenters. The van der Waals surface area contributed by atoms with Gasteiger partial charge < -0.3 is 15.2 Å². The van der Waals surface area contributed by atoms with Gasteiger partial charge in [-0.25, -0.2) is 4.79 Å². The fourth-order valence-corrected chi connectivity index (χ4v) is 1.35. The van der Waals surface area contributed by atoms with E-state index in [0.29, 0.717) is 5.56 Å². The van der Waals surface area contributed by atoms with Crippen LogP contribution in [0, 0.1) is 0 Å². The molecule has 0 aliphatic rings. The molecule has 0 aliphatic heterocycles. The maximum Gasteiger partial charge on any atom is 0.328 e. The van der Waals surface area contributed by atoms with E-state index >= 15 is 0 Å². The number of ether oxygens (including phenoxy) is 1. The number of esters is 1. The minimum Gasteiger partial charge on any atom is -0.467 e. The fourth-order valence-electron chi connectivity index (χ4n) is 1.27. The minimum atomic E-state index is -0.928. The van der Waals surface area contributed by atoms with Crippen LogP contribution in [0.1, 0.15) is 5.56 Å². The number of amides is 1. The zero-order chi connectivity index (χ0) is 12.8. The number of carbonyl (C=O) groups is 2. The molecule has 0 fully saturated rings. The number of alkyl halides is 1. The summed E-state index contributed by atoms with van der Waals surface area (Å²) < 4.78 is 4.53. The Morgan fingerprint density at radius 3 is 2.76 bits per heavy atom. The number of methoxy groups -OCH3 is 1. The van der Waals surface area contributed by atoms with Gasteiger partial charge in [-0.1, -0.05) is 0 Å². The smallest absolute Gasteiger partial charge is 0.328 e. The normalized spacial score (nSPS) is 11.9. The molecule has 0 saturated heterocycles. The van der Waals surface area contributed by atoms with Crippen LogP contribution in [0.2, 0.25) is 0 Å². The number of nitrogens with one attached hydrogen (secondary N) is 3. The van der Waals surface area contributed by atoms with Gasteiger partial charge in [0.15, 0.2) is 0 Å². The van der Waals surface area contributed by atoms with Crippen molar-refractivity contribution in [2.75, 3.05) is 13.0 Å². The molecule has 0 saturated carbocycles. The summed E-state index contributed by atoms with van der Waals surface area (Å²) in [6.07, 6.45) is 1.46. The molecule has 94 valence electrons. The Morgan fingerprint density at radius 2 is 2.29 bits per heavy atom. The van der Waals surface area contributed by atoms with Crippen molar-refractivity contribution in [2.24, 2.45) is 0 Å². The summed E-state index contributed by atoms with van der Waals surface area (Å²) in [5, 5.41) is 7.20. The van der Waals surface area contributed by atoms with Gasteiger partial charge in [0, 0.05) is 18.2 Å². The predicted molar refractivity (Wildman–Crippen MR) is 59.8 cm³/mol. The van der Waals surface area contributed by atoms with E-state index < -0.39 is 17.9 Å². The van der Waals surface area contributed by atoms with Crippen molar-refractivity contribution >= 4 is 23.5 Å². The fraction of sp³-hybridized carbons (Fsp3) is 0.444. The van der Waals surface area contributed by atoms with Gasteiger partial charge in [0.2, 0.25) is 5.91 Å². The lowest BCUT2D eigenvalue weighted by molar-refractivity contribution is -0.144. The van der Waals surface area contributed by atoms with E-state index in [0.717, 1.165) is 0 Å². The standard InChI is InChI=1S/C9H12ClN3O4/c1-17-9(16)6(12-7(14)3-10)2-5-4-11-13-8(5)15/h4,6H,2-3H2,1H3,(H,12,14)(H2,11,13,15)/t6-/m1/s1. The molecule has 17 heavy (non-hydrogen) atoms. The minimum absolute atomic E-state index is 0.0358. The summed E-state index contributed by atoms with van der Waals surface area (Å²) in [6.45, 7) is 0. The van der Waals surface area contributed by atoms with E-state index in [4.69, 9.17) is 11.6 Å². The highest BCUT2D eigenvalue weighted by Crippen LogP contribution is 1.99. The van der Waals surface area contributed by atoms with Crippen LogP contribution in [0.3, 0.4) is 0 Å². The first-order chi connectivity index (χ1) is 8.08. The largest absolute Gasteiger partial charge is 0.467 e. The molecule has 3 N–H and O–H groups in total. The van der Waals surface area contributed by atoms with Gasteiger partial charge in [-0.05, 0) is 0 Å². The molecule has 0 aromatic carbocycles. The van der Waals surface area contributed by atoms with Crippen LogP contribution in [-0.2, 0) is 20.7 Å². The molecule has 1 aromatic rings. The van der Waals surface area contributed by atoms with E-state index in [1.165, 1.54) is 13.3 Å². The van der Waals surface area contributed by atoms with Crippen molar-refractivity contribution in [1.82, 2.24) is 15.5 Å². The van der Waals surface area contributed by atoms with Crippen LogP contribution >= 0.6 is 11.6 Å². The van der Waals surface area contributed by atoms with Crippen LogP contribution in [0.15, 0.2) is 11.0 Å². The maximum absolute atomic E-state index is 11.4. The van der Waals surface area contributed by atoms with Crippen LogP contribution in [0.4, 0.5) is 0 Å². The molecule has 0 radical (unpaired) electrons. The Morgan fingerprint density at radius 1 is 1.59 bits per heavy atom. The highest BCUT2D eigenvalue weighted by molar-refractivity contribution is 6.27. The third kappa shape index (κ3) is 3.63. The quantitative estimate of drug-likeness (QED) is 0.474. The number of halogens is 1. The Kier molecular flexibility index (Phi) is 4.77. The summed E-state index contributed by atoms with van der Waals surface area (Å²) in [6, 6.07) is -0.928. The van der Waals surface area contributed by atoms with E-state index in [1.807, 2.05) is 0 Å². The summed E-state index contributed by atoms with van der Waals surface area (Å²) in [4.78, 5) is 33.8. The third-order valence-corrected chi connectivity index (χ3v) is 2.33. The van der Waals surface area contributed by atoms with Crippen molar-refractivity contribution in [2.45, 2.75) is 12.5 Å². The summed E-state index contributed by atoms with van der Waals surface area (Å²) in [7, 11) is 1.20. The lowest BCUT2D eigenvalue weighted by Crippen LogP contribution is -2.44. The Hall–Kier alpha value is -1.76. The second-order valence-corrected chi connectivity index (χ2v) is 3.52. The second-order valence-electron chi connectivity index (χ2n) is 3.25. The van der Waals surface area contributed by atoms with Crippen molar-refractivity contribution < 1.29 is 14.3 Å². The zero-order valence-electron chi connectivity index (χ0n) is 9.08. The Bertz CT molecular complexity index is 453. The van der Waals surface area contributed by atoms with Gasteiger partial charge >= 0.3 is 5.97 Å². The first kappa shape index (κ1) is 13.3. The van der Waals surface area contributed by atoms with Gasteiger partial charge in [0.05, 0.1) is 7.11 Å². The molecule has 1 amide bonds. The van der Waals surface area contributed by atoms with Crippen LogP contribution < -0.4 is 10.9 Å². The topological polar surface area (TPSA) is 104 Å². The molecule has 0 bridgehead atoms. The van der Waals surface area contributed by atoms with E-state index in [1.54, 1.807) is 0 Å². The zero-order valence-corrected chi connectivity index (χ0v) is 9.84. The van der Waals surface area contributed by atoms with Crippen molar-refractivity contribution in [3.63, 3.8) is 0 Å². The number of hydrogen-bond acceptors (Lipinski definition) is 4. The first-order valence-corrected chi connectivity index (χ1v) is 5.30. The van der Waals surface area contributed by atoms with Gasteiger partial charge in [-0.3, -0.25) is 14.7 Å². The number of aromatic nitrogens is 2. The number of carbonyl (C=O) groups excluding carboxylic acids is 2. The van der Waals surface area contributed by atoms with E-state index in [9.17, 15) is 14.4 Å². The molecule has 7 nitrogen and oxygen atoms in total. The molecule has 8 heteroatoms. The first-order valence-electron chi connectivity index (χ1n) is 4.76. The average Bonchev–Trinajstić information content (AvgIpc) is 2.73. The van der Waals surface area contributed by atoms with Gasteiger partial charge in [-0.15, -0.1) is 11.6 Å². The summed E-state index contributed by atoms with van der Waals surface area (Å²) in [5.74, 6) is -1.41. The lowest BCUT2D eigenvalue weighted by Gasteiger charge is -2.14. The van der Waals surface area contributed by atoms with E-state index in [2.05, 4.69) is 20.3 Å². The summed E-state index contributed by atoms with van der Waals surface area (Å²) >= 11 is 5.32. The highest BCUT2D eigenvalue weighted by atomic mass is 35.5. The molecule has 1 heterocycles. The Balaban J connectivity index is 2.77. The van der Waals surface area contributed by atoms with Crippen molar-refractivity contribution in [3.05, 3.63) is 22.1 Å². The number of aromatic amines is 2. The molecular weight excluding hydrogens is 250 g/mol. The maximum atomic E-state index is 11.4. The van der Waals surface area contributed by atoms with Gasteiger partial charge in [0.25, 0.3) is 5.56 Å². The molecule has 0 unspecified atom stereocenters. The highest BCUT2D eigenvalue weighted by Gasteiger charge is 2.22. The molecule has 1 aromatic heterocycles.